The molecular formula is C14H16N2O2S. The molecule has 0 amide bonds. The molecule has 0 saturated heterocycles. The molecule has 100 valence electrons. The fourth-order valence-corrected chi connectivity index (χ4v) is 2.66. The molecule has 0 fully saturated rings. The number of aromatic carboxylic acids is 1. The number of nitrogens with one attached hydrogen (secondary N) is 1. The molecule has 0 bridgehead atoms. The van der Waals surface area contributed by atoms with Crippen LogP contribution in [0.1, 0.15) is 41.0 Å². The number of aromatic nitrogens is 1. The molecule has 0 radical (unpaired) electrons. The zero-order chi connectivity index (χ0) is 13.7. The lowest BCUT2D eigenvalue weighted by Crippen LogP contribution is -2.10. The summed E-state index contributed by atoms with van der Waals surface area (Å²) in [5.74, 6) is -0.251. The van der Waals surface area contributed by atoms with Gasteiger partial charge in [-0.3, -0.25) is 0 Å². The molecule has 19 heavy (non-hydrogen) atoms. The molecule has 2 aromatic rings. The van der Waals surface area contributed by atoms with Gasteiger partial charge in [0.05, 0.1) is 11.6 Å². The maximum atomic E-state index is 10.8. The first-order valence-corrected chi connectivity index (χ1v) is 7.08. The first-order chi connectivity index (χ1) is 9.20. The molecule has 0 aromatic carbocycles. The van der Waals surface area contributed by atoms with Gasteiger partial charge in [-0.05, 0) is 30.0 Å². The lowest BCUT2D eigenvalue weighted by molar-refractivity contribution is 0.0696. The Kier molecular flexibility index (Phi) is 4.52. The number of carboxylic acid groups (broad SMARTS) is 1. The molecule has 0 aliphatic heterocycles. The molecule has 0 spiro atoms. The number of pyridine rings is 1. The van der Waals surface area contributed by atoms with Gasteiger partial charge in [0.1, 0.15) is 5.82 Å². The molecule has 2 heterocycles. The third kappa shape index (κ3) is 3.54. The number of carbonyl (C=O) groups is 1. The Morgan fingerprint density at radius 3 is 2.84 bits per heavy atom. The van der Waals surface area contributed by atoms with Gasteiger partial charge in [0, 0.05) is 11.1 Å². The summed E-state index contributed by atoms with van der Waals surface area (Å²) in [6, 6.07) is 7.64. The van der Waals surface area contributed by atoms with E-state index in [1.807, 2.05) is 6.07 Å². The maximum Gasteiger partial charge on any atom is 0.337 e. The first kappa shape index (κ1) is 13.5. The van der Waals surface area contributed by atoms with E-state index in [1.54, 1.807) is 23.5 Å². The van der Waals surface area contributed by atoms with E-state index >= 15 is 0 Å². The van der Waals surface area contributed by atoms with Gasteiger partial charge in [0.25, 0.3) is 0 Å². The van der Waals surface area contributed by atoms with Gasteiger partial charge >= 0.3 is 5.97 Å². The van der Waals surface area contributed by atoms with Gasteiger partial charge in [0.2, 0.25) is 0 Å². The van der Waals surface area contributed by atoms with Crippen LogP contribution in [0.25, 0.3) is 0 Å². The minimum atomic E-state index is -0.956. The SMILES string of the molecule is CCCC(Nc1ccc(C(=O)O)cn1)c1cccs1. The predicted octanol–water partition coefficient (Wildman–Crippen LogP) is 3.79. The lowest BCUT2D eigenvalue weighted by atomic mass is 10.1. The normalized spacial score (nSPS) is 12.1. The molecule has 2 aromatic heterocycles. The first-order valence-electron chi connectivity index (χ1n) is 6.20. The smallest absolute Gasteiger partial charge is 0.337 e. The van der Waals surface area contributed by atoms with E-state index in [-0.39, 0.29) is 11.6 Å². The molecule has 1 atom stereocenters. The number of anilines is 1. The van der Waals surface area contributed by atoms with Crippen molar-refractivity contribution in [2.45, 2.75) is 25.8 Å². The van der Waals surface area contributed by atoms with Crippen molar-refractivity contribution in [3.63, 3.8) is 0 Å². The number of nitrogens with zero attached hydrogens (tertiary/aromatic N) is 1. The van der Waals surface area contributed by atoms with Crippen LogP contribution in [0.15, 0.2) is 35.8 Å². The fourth-order valence-electron chi connectivity index (χ4n) is 1.85. The monoisotopic (exact) mass is 276 g/mol. The summed E-state index contributed by atoms with van der Waals surface area (Å²) in [4.78, 5) is 16.2. The summed E-state index contributed by atoms with van der Waals surface area (Å²) in [5, 5.41) is 14.2. The topological polar surface area (TPSA) is 62.2 Å². The highest BCUT2D eigenvalue weighted by atomic mass is 32.1. The second kappa shape index (κ2) is 6.33. The van der Waals surface area contributed by atoms with Gasteiger partial charge in [-0.25, -0.2) is 9.78 Å². The van der Waals surface area contributed by atoms with E-state index in [4.69, 9.17) is 5.11 Å². The number of hydrogen-bond acceptors (Lipinski definition) is 4. The Labute approximate surface area is 116 Å². The highest BCUT2D eigenvalue weighted by Crippen LogP contribution is 2.26. The zero-order valence-electron chi connectivity index (χ0n) is 10.7. The second-order valence-electron chi connectivity index (χ2n) is 4.24. The van der Waals surface area contributed by atoms with E-state index < -0.39 is 5.97 Å². The maximum absolute atomic E-state index is 10.8. The van der Waals surface area contributed by atoms with Crippen molar-refractivity contribution in [3.05, 3.63) is 46.3 Å². The summed E-state index contributed by atoms with van der Waals surface area (Å²) in [6.45, 7) is 2.14. The summed E-state index contributed by atoms with van der Waals surface area (Å²) >= 11 is 1.71. The van der Waals surface area contributed by atoms with Crippen LogP contribution in [0.2, 0.25) is 0 Å². The average Bonchev–Trinajstić information content (AvgIpc) is 2.92. The number of thiophene rings is 1. The van der Waals surface area contributed by atoms with Crippen LogP contribution in [0.3, 0.4) is 0 Å². The van der Waals surface area contributed by atoms with E-state index in [0.717, 1.165) is 12.8 Å². The number of rotatable bonds is 6. The van der Waals surface area contributed by atoms with Crippen molar-refractivity contribution < 1.29 is 9.90 Å². The molecule has 0 aliphatic rings. The summed E-state index contributed by atoms with van der Waals surface area (Å²) < 4.78 is 0. The fraction of sp³-hybridized carbons (Fsp3) is 0.286. The Balaban J connectivity index is 2.11. The van der Waals surface area contributed by atoms with Crippen LogP contribution in [0.5, 0.6) is 0 Å². The zero-order valence-corrected chi connectivity index (χ0v) is 11.5. The van der Waals surface area contributed by atoms with Crippen LogP contribution < -0.4 is 5.32 Å². The van der Waals surface area contributed by atoms with Crippen LogP contribution >= 0.6 is 11.3 Å². The van der Waals surface area contributed by atoms with Crippen LogP contribution in [0, 0.1) is 0 Å². The highest BCUT2D eigenvalue weighted by molar-refractivity contribution is 7.10. The molecule has 0 aliphatic carbocycles. The van der Waals surface area contributed by atoms with Crippen molar-refractivity contribution in [3.8, 4) is 0 Å². The van der Waals surface area contributed by atoms with E-state index in [9.17, 15) is 4.79 Å². The quantitative estimate of drug-likeness (QED) is 0.842. The predicted molar refractivity (Wildman–Crippen MR) is 76.8 cm³/mol. The summed E-state index contributed by atoms with van der Waals surface area (Å²) in [6.07, 6.45) is 3.47. The van der Waals surface area contributed by atoms with Crippen LogP contribution in [-0.4, -0.2) is 16.1 Å². The van der Waals surface area contributed by atoms with Crippen molar-refractivity contribution in [1.29, 1.82) is 0 Å². The van der Waals surface area contributed by atoms with E-state index in [1.165, 1.54) is 11.1 Å². The van der Waals surface area contributed by atoms with Crippen molar-refractivity contribution >= 4 is 23.1 Å². The molecule has 0 saturated carbocycles. The van der Waals surface area contributed by atoms with Gasteiger partial charge in [-0.1, -0.05) is 19.4 Å². The minimum absolute atomic E-state index is 0.203. The van der Waals surface area contributed by atoms with E-state index in [0.29, 0.717) is 5.82 Å². The molecule has 5 heteroatoms. The lowest BCUT2D eigenvalue weighted by Gasteiger charge is -2.17. The van der Waals surface area contributed by atoms with Crippen molar-refractivity contribution in [2.75, 3.05) is 5.32 Å². The van der Waals surface area contributed by atoms with Gasteiger partial charge in [0.15, 0.2) is 0 Å². The molecule has 2 rings (SSSR count). The molecule has 2 N–H and O–H groups in total. The molecule has 4 nitrogen and oxygen atoms in total. The van der Waals surface area contributed by atoms with E-state index in [2.05, 4.69) is 28.7 Å². The minimum Gasteiger partial charge on any atom is -0.478 e. The molecular weight excluding hydrogens is 260 g/mol. The Bertz CT molecular complexity index is 523. The standard InChI is InChI=1S/C14H16N2O2S/c1-2-4-11(12-5-3-8-19-12)16-13-7-6-10(9-15-13)14(17)18/h3,5-9,11H,2,4H2,1H3,(H,15,16)(H,17,18). The third-order valence-electron chi connectivity index (χ3n) is 2.80. The van der Waals surface area contributed by atoms with Gasteiger partial charge in [-0.15, -0.1) is 11.3 Å². The largest absolute Gasteiger partial charge is 0.478 e. The van der Waals surface area contributed by atoms with Gasteiger partial charge in [-0.2, -0.15) is 0 Å². The number of carboxylic acids is 1. The Morgan fingerprint density at radius 1 is 1.47 bits per heavy atom. The summed E-state index contributed by atoms with van der Waals surface area (Å²) in [5.41, 5.74) is 0.203. The van der Waals surface area contributed by atoms with Crippen LogP contribution in [-0.2, 0) is 0 Å². The number of hydrogen-bond donors (Lipinski definition) is 2. The molecule has 1 unspecified atom stereocenters. The highest BCUT2D eigenvalue weighted by Gasteiger charge is 2.12. The Morgan fingerprint density at radius 2 is 2.32 bits per heavy atom. The van der Waals surface area contributed by atoms with Crippen molar-refractivity contribution in [2.24, 2.45) is 0 Å². The van der Waals surface area contributed by atoms with Crippen LogP contribution in [0.4, 0.5) is 5.82 Å². The Hall–Kier alpha value is -1.88. The third-order valence-corrected chi connectivity index (χ3v) is 3.78. The van der Waals surface area contributed by atoms with Gasteiger partial charge < -0.3 is 10.4 Å². The average molecular weight is 276 g/mol. The summed E-state index contributed by atoms with van der Waals surface area (Å²) in [7, 11) is 0. The second-order valence-corrected chi connectivity index (χ2v) is 5.22. The van der Waals surface area contributed by atoms with Crippen molar-refractivity contribution in [1.82, 2.24) is 4.98 Å².